The Bertz CT molecular complexity index is 528. The Morgan fingerprint density at radius 3 is 2.83 bits per heavy atom. The molecule has 3 rings (SSSR count). The fraction of sp³-hybridized carbons (Fsp3) is 0.700. The van der Waals surface area contributed by atoms with Crippen LogP contribution in [0.5, 0.6) is 0 Å². The lowest BCUT2D eigenvalue weighted by molar-refractivity contribution is -0.0647. The molecule has 4 heteroatoms. The van der Waals surface area contributed by atoms with Crippen molar-refractivity contribution in [3.8, 4) is 0 Å². The molecule has 2 heterocycles. The van der Waals surface area contributed by atoms with Crippen LogP contribution < -0.4 is 0 Å². The first-order valence-corrected chi connectivity index (χ1v) is 9.32. The number of ether oxygens (including phenoxy) is 2. The molecule has 0 spiro atoms. The lowest BCUT2D eigenvalue weighted by atomic mass is 9.96. The molecule has 2 aliphatic heterocycles. The molecule has 0 aromatic heterocycles. The van der Waals surface area contributed by atoms with Crippen molar-refractivity contribution in [2.24, 2.45) is 0 Å². The van der Waals surface area contributed by atoms with Crippen LogP contribution in [0.3, 0.4) is 0 Å². The smallest absolute Gasteiger partial charge is 0.0900 e. The Morgan fingerprint density at radius 1 is 1.25 bits per heavy atom. The van der Waals surface area contributed by atoms with Crippen LogP contribution in [0.15, 0.2) is 18.2 Å². The van der Waals surface area contributed by atoms with Gasteiger partial charge < -0.3 is 14.6 Å². The predicted octanol–water partition coefficient (Wildman–Crippen LogP) is 3.00. The van der Waals surface area contributed by atoms with E-state index in [1.165, 1.54) is 29.5 Å². The summed E-state index contributed by atoms with van der Waals surface area (Å²) in [4.78, 5) is 2.43. The first-order valence-electron chi connectivity index (χ1n) is 9.32. The van der Waals surface area contributed by atoms with Gasteiger partial charge in [0.25, 0.3) is 0 Å². The maximum absolute atomic E-state index is 10.4. The number of aliphatic hydroxyl groups excluding tert-OH is 1. The highest BCUT2D eigenvalue weighted by molar-refractivity contribution is 5.35. The summed E-state index contributed by atoms with van der Waals surface area (Å²) in [5, 5.41) is 10.4. The van der Waals surface area contributed by atoms with Gasteiger partial charge in [0.1, 0.15) is 0 Å². The largest absolute Gasteiger partial charge is 0.389 e. The number of nitrogens with zero attached hydrogens (tertiary/aromatic N) is 1. The van der Waals surface area contributed by atoms with E-state index in [0.717, 1.165) is 32.6 Å². The van der Waals surface area contributed by atoms with Crippen LogP contribution in [0, 0.1) is 13.8 Å². The molecule has 0 bridgehead atoms. The van der Waals surface area contributed by atoms with Crippen LogP contribution in [0.25, 0.3) is 0 Å². The molecule has 4 nitrogen and oxygen atoms in total. The van der Waals surface area contributed by atoms with Crippen molar-refractivity contribution >= 4 is 0 Å². The highest BCUT2D eigenvalue weighted by Gasteiger charge is 2.29. The Hall–Kier alpha value is -0.940. The fourth-order valence-corrected chi connectivity index (χ4v) is 3.94. The lowest BCUT2D eigenvalue weighted by Gasteiger charge is -2.29. The summed E-state index contributed by atoms with van der Waals surface area (Å²) in [6.07, 6.45) is 4.10. The molecule has 2 saturated heterocycles. The summed E-state index contributed by atoms with van der Waals surface area (Å²) >= 11 is 0. The van der Waals surface area contributed by atoms with E-state index in [-0.39, 0.29) is 6.10 Å². The van der Waals surface area contributed by atoms with Crippen molar-refractivity contribution in [1.82, 2.24) is 4.90 Å². The van der Waals surface area contributed by atoms with Gasteiger partial charge in [-0.15, -0.1) is 0 Å². The van der Waals surface area contributed by atoms with E-state index < -0.39 is 6.10 Å². The first kappa shape index (κ1) is 17.9. The molecule has 134 valence electrons. The Kier molecular flexibility index (Phi) is 6.28. The van der Waals surface area contributed by atoms with E-state index in [9.17, 15) is 5.11 Å². The number of hydrogen-bond donors (Lipinski definition) is 1. The number of aryl methyl sites for hydroxylation is 1. The van der Waals surface area contributed by atoms with Gasteiger partial charge in [0, 0.05) is 25.8 Å². The normalized spacial score (nSPS) is 24.4. The molecule has 1 aromatic carbocycles. The average molecular weight is 333 g/mol. The van der Waals surface area contributed by atoms with Gasteiger partial charge in [-0.2, -0.15) is 0 Å². The molecule has 2 atom stereocenters. The summed E-state index contributed by atoms with van der Waals surface area (Å²) in [5.74, 6) is 0. The molecule has 2 unspecified atom stereocenters. The van der Waals surface area contributed by atoms with Crippen molar-refractivity contribution in [2.75, 3.05) is 32.9 Å². The SMILES string of the molecule is Cc1cccc(C2CCCN2CC(O)COC2CCOCC2)c1C. The van der Waals surface area contributed by atoms with Crippen molar-refractivity contribution in [2.45, 2.75) is 57.8 Å². The molecule has 2 fully saturated rings. The van der Waals surface area contributed by atoms with Crippen LogP contribution in [0.4, 0.5) is 0 Å². The van der Waals surface area contributed by atoms with E-state index in [4.69, 9.17) is 9.47 Å². The Labute approximate surface area is 145 Å². The Balaban J connectivity index is 1.54. The van der Waals surface area contributed by atoms with Gasteiger partial charge in [-0.25, -0.2) is 0 Å². The van der Waals surface area contributed by atoms with Crippen LogP contribution in [-0.4, -0.2) is 55.1 Å². The summed E-state index contributed by atoms with van der Waals surface area (Å²) in [6, 6.07) is 7.01. The van der Waals surface area contributed by atoms with Crippen LogP contribution in [0.1, 0.15) is 48.4 Å². The molecular weight excluding hydrogens is 302 g/mol. The predicted molar refractivity (Wildman–Crippen MR) is 95.3 cm³/mol. The van der Waals surface area contributed by atoms with Gasteiger partial charge in [0.2, 0.25) is 0 Å². The van der Waals surface area contributed by atoms with Gasteiger partial charge in [0.05, 0.1) is 18.8 Å². The summed E-state index contributed by atoms with van der Waals surface area (Å²) < 4.78 is 11.2. The molecule has 0 radical (unpaired) electrons. The lowest BCUT2D eigenvalue weighted by Crippen LogP contribution is -2.36. The Morgan fingerprint density at radius 2 is 2.04 bits per heavy atom. The van der Waals surface area contributed by atoms with Crippen LogP contribution in [-0.2, 0) is 9.47 Å². The third-order valence-corrected chi connectivity index (χ3v) is 5.51. The summed E-state index contributed by atoms with van der Waals surface area (Å²) in [6.45, 7) is 8.14. The molecule has 1 N–H and O–H groups in total. The highest BCUT2D eigenvalue weighted by Crippen LogP contribution is 2.34. The third-order valence-electron chi connectivity index (χ3n) is 5.51. The molecule has 2 aliphatic rings. The van der Waals surface area contributed by atoms with Crippen LogP contribution >= 0.6 is 0 Å². The van der Waals surface area contributed by atoms with Crippen molar-refractivity contribution in [3.63, 3.8) is 0 Å². The second-order valence-corrected chi connectivity index (χ2v) is 7.24. The first-order chi connectivity index (χ1) is 11.6. The van der Waals surface area contributed by atoms with E-state index >= 15 is 0 Å². The number of benzene rings is 1. The molecule has 24 heavy (non-hydrogen) atoms. The number of rotatable bonds is 6. The molecule has 0 aliphatic carbocycles. The molecular formula is C20H31NO3. The fourth-order valence-electron chi connectivity index (χ4n) is 3.94. The summed E-state index contributed by atoms with van der Waals surface area (Å²) in [5.41, 5.74) is 4.16. The van der Waals surface area contributed by atoms with Crippen LogP contribution in [0.2, 0.25) is 0 Å². The number of likely N-dealkylation sites (tertiary alicyclic amines) is 1. The van der Waals surface area contributed by atoms with Gasteiger partial charge >= 0.3 is 0 Å². The van der Waals surface area contributed by atoms with Gasteiger partial charge in [-0.1, -0.05) is 18.2 Å². The minimum atomic E-state index is -0.418. The van der Waals surface area contributed by atoms with E-state index in [1.54, 1.807) is 0 Å². The van der Waals surface area contributed by atoms with Crippen molar-refractivity contribution < 1.29 is 14.6 Å². The van der Waals surface area contributed by atoms with Gasteiger partial charge in [0.15, 0.2) is 0 Å². The third kappa shape index (κ3) is 4.37. The molecule has 0 amide bonds. The second-order valence-electron chi connectivity index (χ2n) is 7.24. The quantitative estimate of drug-likeness (QED) is 0.869. The zero-order chi connectivity index (χ0) is 16.9. The van der Waals surface area contributed by atoms with E-state index in [1.807, 2.05) is 0 Å². The zero-order valence-corrected chi connectivity index (χ0v) is 15.0. The maximum Gasteiger partial charge on any atom is 0.0900 e. The van der Waals surface area contributed by atoms with E-state index in [2.05, 4.69) is 36.9 Å². The van der Waals surface area contributed by atoms with E-state index in [0.29, 0.717) is 19.2 Å². The van der Waals surface area contributed by atoms with Gasteiger partial charge in [-0.3, -0.25) is 4.90 Å². The zero-order valence-electron chi connectivity index (χ0n) is 15.0. The average Bonchev–Trinajstić information content (AvgIpc) is 3.04. The molecule has 0 saturated carbocycles. The van der Waals surface area contributed by atoms with Gasteiger partial charge in [-0.05, 0) is 62.8 Å². The highest BCUT2D eigenvalue weighted by atomic mass is 16.5. The maximum atomic E-state index is 10.4. The topological polar surface area (TPSA) is 41.9 Å². The number of aliphatic hydroxyl groups is 1. The monoisotopic (exact) mass is 333 g/mol. The number of β-amino-alcohol motifs (C(OH)–C–C–N with tert-alkyl or cyclic N) is 1. The van der Waals surface area contributed by atoms with Crippen molar-refractivity contribution in [1.29, 1.82) is 0 Å². The number of hydrogen-bond acceptors (Lipinski definition) is 4. The molecule has 1 aromatic rings. The second kappa shape index (κ2) is 8.43. The minimum absolute atomic E-state index is 0.252. The summed E-state index contributed by atoms with van der Waals surface area (Å²) in [7, 11) is 0. The minimum Gasteiger partial charge on any atom is -0.389 e. The standard InChI is InChI=1S/C20H31NO3/c1-15-5-3-6-19(16(15)2)20-7-4-10-21(20)13-17(22)14-24-18-8-11-23-12-9-18/h3,5-6,17-18,20,22H,4,7-14H2,1-2H3. The van der Waals surface area contributed by atoms with Crippen molar-refractivity contribution in [3.05, 3.63) is 34.9 Å².